The number of hydrogen-bond donors (Lipinski definition) is 0. The highest BCUT2D eigenvalue weighted by Gasteiger charge is 2.44. The molecule has 128 valence electrons. The molecule has 3 heteroatoms. The highest BCUT2D eigenvalue weighted by atomic mass is 28.4. The normalized spacial score (nSPS) is 23.5. The van der Waals surface area contributed by atoms with Crippen LogP contribution in [0.2, 0.25) is 18.1 Å². The van der Waals surface area contributed by atoms with Crippen LogP contribution in [0, 0.1) is 0 Å². The Balaban J connectivity index is 1.90. The van der Waals surface area contributed by atoms with Crippen molar-refractivity contribution >= 4 is 8.32 Å². The second-order valence-electron chi connectivity index (χ2n) is 8.83. The van der Waals surface area contributed by atoms with E-state index in [0.29, 0.717) is 0 Å². The van der Waals surface area contributed by atoms with E-state index in [1.54, 1.807) is 0 Å². The van der Waals surface area contributed by atoms with Crippen LogP contribution in [-0.2, 0) is 21.2 Å². The Morgan fingerprint density at radius 2 is 1.87 bits per heavy atom. The molecule has 1 saturated carbocycles. The van der Waals surface area contributed by atoms with Crippen molar-refractivity contribution in [3.63, 3.8) is 0 Å². The molecule has 0 amide bonds. The van der Waals surface area contributed by atoms with E-state index in [4.69, 9.17) is 9.16 Å². The maximum Gasteiger partial charge on any atom is 0.192 e. The minimum atomic E-state index is -1.74. The van der Waals surface area contributed by atoms with Gasteiger partial charge in [-0.25, -0.2) is 0 Å². The van der Waals surface area contributed by atoms with Crippen LogP contribution in [-0.4, -0.2) is 15.4 Å². The van der Waals surface area contributed by atoms with Crippen molar-refractivity contribution in [2.75, 3.05) is 7.11 Å². The summed E-state index contributed by atoms with van der Waals surface area (Å²) >= 11 is 0. The van der Waals surface area contributed by atoms with E-state index in [9.17, 15) is 0 Å². The van der Waals surface area contributed by atoms with Gasteiger partial charge in [-0.2, -0.15) is 0 Å². The molecule has 0 aromatic heterocycles. The zero-order valence-electron chi connectivity index (χ0n) is 15.7. The SMILES string of the molecule is COC1(c2cccc3c2CCC3O[Si](C)(C)C(C)(C)C)CCC1. The summed E-state index contributed by atoms with van der Waals surface area (Å²) in [5.41, 5.74) is 4.36. The van der Waals surface area contributed by atoms with Crippen LogP contribution in [0.5, 0.6) is 0 Å². The van der Waals surface area contributed by atoms with Gasteiger partial charge in [0.1, 0.15) is 0 Å². The van der Waals surface area contributed by atoms with E-state index in [1.165, 1.54) is 23.1 Å². The molecule has 2 aliphatic carbocycles. The highest BCUT2D eigenvalue weighted by molar-refractivity contribution is 6.74. The first-order chi connectivity index (χ1) is 10.7. The zero-order valence-corrected chi connectivity index (χ0v) is 16.7. The molecular formula is C20H32O2Si. The number of ether oxygens (including phenoxy) is 1. The van der Waals surface area contributed by atoms with Gasteiger partial charge in [-0.3, -0.25) is 0 Å². The van der Waals surface area contributed by atoms with E-state index >= 15 is 0 Å². The van der Waals surface area contributed by atoms with Crippen LogP contribution in [0.3, 0.4) is 0 Å². The lowest BCUT2D eigenvalue weighted by molar-refractivity contribution is -0.0784. The lowest BCUT2D eigenvalue weighted by Gasteiger charge is -2.42. The van der Waals surface area contributed by atoms with Crippen molar-refractivity contribution in [2.45, 2.75) is 82.7 Å². The molecule has 23 heavy (non-hydrogen) atoms. The summed E-state index contributed by atoms with van der Waals surface area (Å²) in [5, 5.41) is 0.259. The summed E-state index contributed by atoms with van der Waals surface area (Å²) in [6.45, 7) is 11.7. The molecular weight excluding hydrogens is 300 g/mol. The first-order valence-electron chi connectivity index (χ1n) is 9.05. The summed E-state index contributed by atoms with van der Waals surface area (Å²) in [5.74, 6) is 0. The first-order valence-corrected chi connectivity index (χ1v) is 12.0. The molecule has 0 N–H and O–H groups in total. The topological polar surface area (TPSA) is 18.5 Å². The smallest absolute Gasteiger partial charge is 0.192 e. The molecule has 1 fully saturated rings. The molecule has 1 atom stereocenters. The molecule has 1 aromatic rings. The van der Waals surface area contributed by atoms with E-state index in [1.807, 2.05) is 7.11 Å². The quantitative estimate of drug-likeness (QED) is 0.656. The van der Waals surface area contributed by atoms with Gasteiger partial charge >= 0.3 is 0 Å². The minimum absolute atomic E-state index is 0.0167. The van der Waals surface area contributed by atoms with E-state index in [0.717, 1.165) is 25.7 Å². The van der Waals surface area contributed by atoms with Crippen LogP contribution in [0.15, 0.2) is 18.2 Å². The number of methoxy groups -OCH3 is 1. The van der Waals surface area contributed by atoms with Gasteiger partial charge < -0.3 is 9.16 Å². The van der Waals surface area contributed by atoms with Crippen molar-refractivity contribution in [3.05, 3.63) is 34.9 Å². The lowest BCUT2D eigenvalue weighted by Crippen LogP contribution is -2.41. The Kier molecular flexibility index (Phi) is 4.27. The number of hydrogen-bond acceptors (Lipinski definition) is 2. The molecule has 2 nitrogen and oxygen atoms in total. The van der Waals surface area contributed by atoms with Gasteiger partial charge in [-0.1, -0.05) is 39.0 Å². The van der Waals surface area contributed by atoms with Crippen molar-refractivity contribution in [1.82, 2.24) is 0 Å². The Hall–Kier alpha value is -0.643. The summed E-state index contributed by atoms with van der Waals surface area (Å²) < 4.78 is 12.7. The third-order valence-electron chi connectivity index (χ3n) is 6.50. The van der Waals surface area contributed by atoms with E-state index in [2.05, 4.69) is 52.1 Å². The van der Waals surface area contributed by atoms with Gasteiger partial charge in [0.15, 0.2) is 8.32 Å². The molecule has 0 saturated heterocycles. The van der Waals surface area contributed by atoms with Crippen LogP contribution in [0.1, 0.15) is 69.2 Å². The van der Waals surface area contributed by atoms with Crippen LogP contribution < -0.4 is 0 Å². The highest BCUT2D eigenvalue weighted by Crippen LogP contribution is 2.50. The van der Waals surface area contributed by atoms with Crippen molar-refractivity contribution in [1.29, 1.82) is 0 Å². The second-order valence-corrected chi connectivity index (χ2v) is 13.6. The fourth-order valence-electron chi connectivity index (χ4n) is 3.78. The molecule has 0 heterocycles. The van der Waals surface area contributed by atoms with Crippen molar-refractivity contribution in [2.24, 2.45) is 0 Å². The standard InChI is InChI=1S/C20H32O2Si/c1-19(2,3)23(5,6)22-18-12-11-15-16(18)9-7-10-17(15)20(21-4)13-8-14-20/h7,9-10,18H,8,11-14H2,1-6H3. The van der Waals surface area contributed by atoms with Crippen molar-refractivity contribution < 1.29 is 9.16 Å². The molecule has 3 rings (SSSR count). The number of rotatable bonds is 4. The predicted octanol–water partition coefficient (Wildman–Crippen LogP) is 5.72. The van der Waals surface area contributed by atoms with Gasteiger partial charge in [0, 0.05) is 7.11 Å². The minimum Gasteiger partial charge on any atom is -0.410 e. The van der Waals surface area contributed by atoms with Gasteiger partial charge in [0.25, 0.3) is 0 Å². The predicted molar refractivity (Wildman–Crippen MR) is 98.3 cm³/mol. The Bertz CT molecular complexity index is 576. The van der Waals surface area contributed by atoms with E-state index in [-0.39, 0.29) is 16.7 Å². The van der Waals surface area contributed by atoms with Crippen LogP contribution in [0.4, 0.5) is 0 Å². The Morgan fingerprint density at radius 1 is 1.17 bits per heavy atom. The largest absolute Gasteiger partial charge is 0.410 e. The summed E-state index contributed by atoms with van der Waals surface area (Å²) in [4.78, 5) is 0. The molecule has 0 bridgehead atoms. The van der Waals surface area contributed by atoms with E-state index < -0.39 is 8.32 Å². The first kappa shape index (κ1) is 17.2. The Labute approximate surface area is 142 Å². The van der Waals surface area contributed by atoms with Gasteiger partial charge in [-0.05, 0) is 66.9 Å². The maximum absolute atomic E-state index is 6.74. The summed E-state index contributed by atoms with van der Waals surface area (Å²) in [7, 11) is 0.137. The van der Waals surface area contributed by atoms with Crippen LogP contribution in [0.25, 0.3) is 0 Å². The average molecular weight is 333 g/mol. The summed E-state index contributed by atoms with van der Waals surface area (Å²) in [6.07, 6.45) is 6.14. The third-order valence-corrected chi connectivity index (χ3v) is 11.0. The molecule has 0 radical (unpaired) electrons. The fraction of sp³-hybridized carbons (Fsp3) is 0.700. The lowest BCUT2D eigenvalue weighted by atomic mass is 9.73. The monoisotopic (exact) mass is 332 g/mol. The molecule has 1 aromatic carbocycles. The third kappa shape index (κ3) is 2.81. The van der Waals surface area contributed by atoms with Gasteiger partial charge in [-0.15, -0.1) is 0 Å². The molecule has 2 aliphatic rings. The molecule has 1 unspecified atom stereocenters. The van der Waals surface area contributed by atoms with Crippen LogP contribution >= 0.6 is 0 Å². The zero-order chi connectivity index (χ0) is 16.9. The van der Waals surface area contributed by atoms with Gasteiger partial charge in [0.05, 0.1) is 11.7 Å². The Morgan fingerprint density at radius 3 is 2.39 bits per heavy atom. The van der Waals surface area contributed by atoms with Crippen molar-refractivity contribution in [3.8, 4) is 0 Å². The average Bonchev–Trinajstić information content (AvgIpc) is 2.80. The number of fused-ring (bicyclic) bond motifs is 1. The summed E-state index contributed by atoms with van der Waals surface area (Å²) in [6, 6.07) is 6.78. The maximum atomic E-state index is 6.74. The second kappa shape index (κ2) is 5.71. The fourth-order valence-corrected chi connectivity index (χ4v) is 5.09. The van der Waals surface area contributed by atoms with Gasteiger partial charge in [0.2, 0.25) is 0 Å². The molecule has 0 aliphatic heterocycles. The molecule has 0 spiro atoms. The number of benzene rings is 1.